The van der Waals surface area contributed by atoms with Crippen LogP contribution in [0.25, 0.3) is 0 Å². The standard InChI is InChI=1S/C17H25NO5/c18-21-12-13-9-14(22-16-5-1-3-7-19-16)11-15(10-13)23-17-6-2-4-8-20-17/h9-11,16-17H,1-8,12,18H2. The highest BCUT2D eigenvalue weighted by Gasteiger charge is 2.18. The van der Waals surface area contributed by atoms with Crippen LogP contribution in [0.5, 0.6) is 11.5 Å². The van der Waals surface area contributed by atoms with Gasteiger partial charge in [-0.25, -0.2) is 5.90 Å². The molecular formula is C17H25NO5. The lowest BCUT2D eigenvalue weighted by Crippen LogP contribution is -2.26. The molecular weight excluding hydrogens is 298 g/mol. The van der Waals surface area contributed by atoms with E-state index in [0.717, 1.165) is 57.3 Å². The van der Waals surface area contributed by atoms with Crippen LogP contribution in [0.1, 0.15) is 44.1 Å². The van der Waals surface area contributed by atoms with E-state index in [9.17, 15) is 0 Å². The molecule has 3 rings (SSSR count). The number of hydrogen-bond acceptors (Lipinski definition) is 6. The summed E-state index contributed by atoms with van der Waals surface area (Å²) >= 11 is 0. The van der Waals surface area contributed by atoms with E-state index in [2.05, 4.69) is 0 Å². The molecule has 0 radical (unpaired) electrons. The Bertz CT molecular complexity index is 446. The normalized spacial score (nSPS) is 25.1. The second-order valence-electron chi connectivity index (χ2n) is 5.95. The molecule has 0 aliphatic carbocycles. The lowest BCUT2D eigenvalue weighted by atomic mass is 10.2. The van der Waals surface area contributed by atoms with Crippen molar-refractivity contribution in [1.82, 2.24) is 0 Å². The molecule has 6 nitrogen and oxygen atoms in total. The van der Waals surface area contributed by atoms with E-state index in [1.807, 2.05) is 18.2 Å². The lowest BCUT2D eigenvalue weighted by molar-refractivity contribution is -0.109. The van der Waals surface area contributed by atoms with Gasteiger partial charge in [-0.1, -0.05) is 0 Å². The average molecular weight is 323 g/mol. The minimum Gasteiger partial charge on any atom is -0.465 e. The molecule has 2 saturated heterocycles. The molecule has 6 heteroatoms. The quantitative estimate of drug-likeness (QED) is 0.812. The largest absolute Gasteiger partial charge is 0.465 e. The molecule has 128 valence electrons. The van der Waals surface area contributed by atoms with Crippen molar-refractivity contribution in [3.8, 4) is 11.5 Å². The Labute approximate surface area is 136 Å². The Balaban J connectivity index is 1.69. The van der Waals surface area contributed by atoms with Gasteiger partial charge in [0.25, 0.3) is 0 Å². The van der Waals surface area contributed by atoms with Gasteiger partial charge in [0.1, 0.15) is 11.5 Å². The number of ether oxygens (including phenoxy) is 4. The Kier molecular flexibility index (Phi) is 6.10. The van der Waals surface area contributed by atoms with Crippen LogP contribution in [0, 0.1) is 0 Å². The third-order valence-electron chi connectivity index (χ3n) is 4.00. The number of rotatable bonds is 6. The summed E-state index contributed by atoms with van der Waals surface area (Å²) in [5.74, 6) is 6.61. The van der Waals surface area contributed by atoms with Gasteiger partial charge in [0.05, 0.1) is 19.8 Å². The number of nitrogens with two attached hydrogens (primary N) is 1. The van der Waals surface area contributed by atoms with Crippen LogP contribution in [0.15, 0.2) is 18.2 Å². The molecule has 2 atom stereocenters. The molecule has 0 aromatic heterocycles. The molecule has 2 unspecified atom stereocenters. The SMILES string of the molecule is NOCc1cc(OC2CCCCO2)cc(OC2CCCCO2)c1. The molecule has 2 aliphatic rings. The highest BCUT2D eigenvalue weighted by atomic mass is 16.7. The lowest BCUT2D eigenvalue weighted by Gasteiger charge is -2.25. The van der Waals surface area contributed by atoms with E-state index in [0.29, 0.717) is 18.1 Å². The van der Waals surface area contributed by atoms with Gasteiger partial charge in [-0.05, 0) is 43.4 Å². The summed E-state index contributed by atoms with van der Waals surface area (Å²) in [6.45, 7) is 1.79. The minimum absolute atomic E-state index is 0.198. The first-order valence-electron chi connectivity index (χ1n) is 8.35. The van der Waals surface area contributed by atoms with Crippen LogP contribution in [-0.2, 0) is 20.9 Å². The highest BCUT2D eigenvalue weighted by Crippen LogP contribution is 2.28. The van der Waals surface area contributed by atoms with Gasteiger partial charge in [0.2, 0.25) is 0 Å². The predicted octanol–water partition coefficient (Wildman–Crippen LogP) is 2.89. The fraction of sp³-hybridized carbons (Fsp3) is 0.647. The van der Waals surface area contributed by atoms with E-state index in [4.69, 9.17) is 29.7 Å². The zero-order valence-corrected chi connectivity index (χ0v) is 13.4. The monoisotopic (exact) mass is 323 g/mol. The van der Waals surface area contributed by atoms with Gasteiger partial charge in [-0.2, -0.15) is 0 Å². The van der Waals surface area contributed by atoms with E-state index >= 15 is 0 Å². The van der Waals surface area contributed by atoms with Crippen molar-refractivity contribution in [2.24, 2.45) is 5.90 Å². The van der Waals surface area contributed by atoms with Gasteiger partial charge in [-0.3, -0.25) is 4.84 Å². The average Bonchev–Trinajstić information content (AvgIpc) is 2.57. The summed E-state index contributed by atoms with van der Waals surface area (Å²) in [5, 5.41) is 0. The molecule has 0 bridgehead atoms. The molecule has 0 saturated carbocycles. The highest BCUT2D eigenvalue weighted by molar-refractivity contribution is 5.38. The third kappa shape index (κ3) is 5.07. The van der Waals surface area contributed by atoms with Crippen LogP contribution < -0.4 is 15.4 Å². The summed E-state index contributed by atoms with van der Waals surface area (Å²) in [4.78, 5) is 4.74. The number of hydrogen-bond donors (Lipinski definition) is 1. The Morgan fingerprint density at radius 1 is 0.870 bits per heavy atom. The summed E-state index contributed by atoms with van der Waals surface area (Å²) in [7, 11) is 0. The van der Waals surface area contributed by atoms with Crippen LogP contribution in [0.2, 0.25) is 0 Å². The first-order valence-corrected chi connectivity index (χ1v) is 8.35. The zero-order chi connectivity index (χ0) is 15.9. The molecule has 23 heavy (non-hydrogen) atoms. The summed E-state index contributed by atoms with van der Waals surface area (Å²) in [6.07, 6.45) is 5.83. The zero-order valence-electron chi connectivity index (χ0n) is 13.4. The summed E-state index contributed by atoms with van der Waals surface area (Å²) < 4.78 is 23.1. The van der Waals surface area contributed by atoms with E-state index < -0.39 is 0 Å². The van der Waals surface area contributed by atoms with Crippen molar-refractivity contribution < 1.29 is 23.8 Å². The van der Waals surface area contributed by atoms with Crippen LogP contribution >= 0.6 is 0 Å². The van der Waals surface area contributed by atoms with Crippen LogP contribution in [0.3, 0.4) is 0 Å². The van der Waals surface area contributed by atoms with Gasteiger partial charge < -0.3 is 18.9 Å². The van der Waals surface area contributed by atoms with E-state index in [-0.39, 0.29) is 12.6 Å². The molecule has 0 amide bonds. The predicted molar refractivity (Wildman–Crippen MR) is 83.9 cm³/mol. The van der Waals surface area contributed by atoms with Crippen molar-refractivity contribution in [3.63, 3.8) is 0 Å². The molecule has 0 spiro atoms. The second-order valence-corrected chi connectivity index (χ2v) is 5.95. The molecule has 1 aromatic rings. The molecule has 1 aromatic carbocycles. The molecule has 2 heterocycles. The summed E-state index contributed by atoms with van der Waals surface area (Å²) in [5.41, 5.74) is 0.895. The van der Waals surface area contributed by atoms with Crippen molar-refractivity contribution in [1.29, 1.82) is 0 Å². The molecule has 2 N–H and O–H groups in total. The van der Waals surface area contributed by atoms with Crippen molar-refractivity contribution in [2.75, 3.05) is 13.2 Å². The maximum atomic E-state index is 5.93. The smallest absolute Gasteiger partial charge is 0.199 e. The van der Waals surface area contributed by atoms with Gasteiger partial charge in [0.15, 0.2) is 12.6 Å². The van der Waals surface area contributed by atoms with Crippen molar-refractivity contribution in [2.45, 2.75) is 57.7 Å². The maximum Gasteiger partial charge on any atom is 0.199 e. The first kappa shape index (κ1) is 16.5. The van der Waals surface area contributed by atoms with E-state index in [1.165, 1.54) is 0 Å². The minimum atomic E-state index is -0.198. The molecule has 2 aliphatic heterocycles. The van der Waals surface area contributed by atoms with Crippen LogP contribution in [0.4, 0.5) is 0 Å². The third-order valence-corrected chi connectivity index (χ3v) is 4.00. The van der Waals surface area contributed by atoms with Crippen molar-refractivity contribution >= 4 is 0 Å². The molecule has 2 fully saturated rings. The Morgan fingerprint density at radius 3 is 1.87 bits per heavy atom. The Hall–Kier alpha value is -1.34. The topological polar surface area (TPSA) is 72.2 Å². The first-order chi connectivity index (χ1) is 11.3. The van der Waals surface area contributed by atoms with Gasteiger partial charge in [0, 0.05) is 18.9 Å². The summed E-state index contributed by atoms with van der Waals surface area (Å²) in [6, 6.07) is 5.68. The van der Waals surface area contributed by atoms with Crippen LogP contribution in [-0.4, -0.2) is 25.8 Å². The van der Waals surface area contributed by atoms with Crippen molar-refractivity contribution in [3.05, 3.63) is 23.8 Å². The second kappa shape index (κ2) is 8.49. The van der Waals surface area contributed by atoms with Gasteiger partial charge in [-0.15, -0.1) is 0 Å². The Morgan fingerprint density at radius 2 is 1.43 bits per heavy atom. The van der Waals surface area contributed by atoms with Gasteiger partial charge >= 0.3 is 0 Å². The fourth-order valence-corrected chi connectivity index (χ4v) is 2.86. The fourth-order valence-electron chi connectivity index (χ4n) is 2.86. The maximum absolute atomic E-state index is 5.93. The van der Waals surface area contributed by atoms with E-state index in [1.54, 1.807) is 0 Å². The number of benzene rings is 1.